The second-order valence-corrected chi connectivity index (χ2v) is 14.4. The lowest BCUT2D eigenvalue weighted by Crippen LogP contribution is -2.19. The van der Waals surface area contributed by atoms with Crippen LogP contribution in [-0.2, 0) is 16.2 Å². The molecule has 5 aromatic rings. The smallest absolute Gasteiger partial charge is 0.395 e. The van der Waals surface area contributed by atoms with E-state index in [9.17, 15) is 9.59 Å². The summed E-state index contributed by atoms with van der Waals surface area (Å²) in [5.74, 6) is 1.57. The van der Waals surface area contributed by atoms with Gasteiger partial charge in [0.1, 0.15) is 23.0 Å². The molecule has 252 valence electrons. The van der Waals surface area contributed by atoms with Crippen LogP contribution in [0.4, 0.5) is 9.59 Å². The molecule has 0 amide bonds. The number of hydrogen-bond acceptors (Lipinski definition) is 6. The van der Waals surface area contributed by atoms with E-state index < -0.39 is 12.3 Å². The molecule has 0 aliphatic heterocycles. The average molecular weight is 657 g/mol. The summed E-state index contributed by atoms with van der Waals surface area (Å²) < 4.78 is 21.7. The minimum atomic E-state index is -0.811. The van der Waals surface area contributed by atoms with Crippen LogP contribution in [-0.4, -0.2) is 12.3 Å². The lowest BCUT2D eigenvalue weighted by molar-refractivity contribution is 0.150. The largest absolute Gasteiger partial charge is 0.519 e. The van der Waals surface area contributed by atoms with Crippen molar-refractivity contribution >= 4 is 12.3 Å². The molecule has 0 fully saturated rings. The molecule has 0 saturated carbocycles. The van der Waals surface area contributed by atoms with Crippen LogP contribution in [0.3, 0.4) is 0 Å². The third-order valence-corrected chi connectivity index (χ3v) is 9.03. The maximum absolute atomic E-state index is 12.6. The van der Waals surface area contributed by atoms with Crippen molar-refractivity contribution in [1.82, 2.24) is 0 Å². The molecule has 5 aromatic carbocycles. The molecule has 0 aliphatic rings. The van der Waals surface area contributed by atoms with Gasteiger partial charge in [-0.05, 0) is 88.7 Å². The first-order valence-corrected chi connectivity index (χ1v) is 16.4. The molecule has 0 unspecified atom stereocenters. The number of aryl methyl sites for hydroxylation is 1. The van der Waals surface area contributed by atoms with Crippen LogP contribution in [0.25, 0.3) is 0 Å². The van der Waals surface area contributed by atoms with E-state index in [2.05, 4.69) is 79.7 Å². The van der Waals surface area contributed by atoms with Gasteiger partial charge >= 0.3 is 12.3 Å². The highest BCUT2D eigenvalue weighted by Crippen LogP contribution is 2.35. The third kappa shape index (κ3) is 8.57. The van der Waals surface area contributed by atoms with Gasteiger partial charge in [-0.1, -0.05) is 127 Å². The number of benzene rings is 5. The topological polar surface area (TPSA) is 71.1 Å². The average Bonchev–Trinajstić information content (AvgIpc) is 3.05. The number of carbonyl (C=O) groups is 2. The first-order chi connectivity index (χ1) is 23.1. The van der Waals surface area contributed by atoms with E-state index in [1.807, 2.05) is 48.5 Å². The van der Waals surface area contributed by atoms with Gasteiger partial charge in [0.25, 0.3) is 0 Å². The van der Waals surface area contributed by atoms with Crippen molar-refractivity contribution in [2.75, 3.05) is 0 Å². The van der Waals surface area contributed by atoms with E-state index in [-0.39, 0.29) is 16.2 Å². The quantitative estimate of drug-likeness (QED) is 0.122. The van der Waals surface area contributed by atoms with Crippen molar-refractivity contribution < 1.29 is 28.5 Å². The Morgan fingerprint density at radius 1 is 0.367 bits per heavy atom. The fraction of sp³-hybridized carbons (Fsp3) is 0.256. The number of rotatable bonds is 8. The van der Waals surface area contributed by atoms with E-state index >= 15 is 0 Å². The van der Waals surface area contributed by atoms with Crippen molar-refractivity contribution in [2.24, 2.45) is 0 Å². The highest BCUT2D eigenvalue weighted by Gasteiger charge is 2.25. The lowest BCUT2D eigenvalue weighted by atomic mass is 9.78. The fourth-order valence-corrected chi connectivity index (χ4v) is 5.57. The van der Waals surface area contributed by atoms with Crippen LogP contribution in [0, 0.1) is 6.92 Å². The van der Waals surface area contributed by atoms with Crippen molar-refractivity contribution in [1.29, 1.82) is 0 Å². The first-order valence-electron chi connectivity index (χ1n) is 16.4. The van der Waals surface area contributed by atoms with E-state index in [0.717, 1.165) is 22.3 Å². The zero-order valence-corrected chi connectivity index (χ0v) is 29.5. The van der Waals surface area contributed by atoms with Gasteiger partial charge in [0, 0.05) is 10.8 Å². The highest BCUT2D eigenvalue weighted by atomic mass is 16.7. The Morgan fingerprint density at radius 3 is 0.837 bits per heavy atom. The van der Waals surface area contributed by atoms with Crippen LogP contribution >= 0.6 is 0 Å². The zero-order chi connectivity index (χ0) is 35.4. The Balaban J connectivity index is 1.14. The lowest BCUT2D eigenvalue weighted by Gasteiger charge is -2.26. The zero-order valence-electron chi connectivity index (χ0n) is 29.5. The van der Waals surface area contributed by atoms with E-state index in [1.165, 1.54) is 11.1 Å². The third-order valence-electron chi connectivity index (χ3n) is 9.03. The molecule has 0 aromatic heterocycles. The summed E-state index contributed by atoms with van der Waals surface area (Å²) in [6, 6.07) is 38.0. The van der Waals surface area contributed by atoms with Crippen LogP contribution in [0.1, 0.15) is 81.8 Å². The minimum absolute atomic E-state index is 0.00723. The van der Waals surface area contributed by atoms with Gasteiger partial charge in [-0.15, -0.1) is 0 Å². The van der Waals surface area contributed by atoms with E-state index in [0.29, 0.717) is 23.0 Å². The summed E-state index contributed by atoms with van der Waals surface area (Å²) in [6.07, 6.45) is -1.61. The molecular weight excluding hydrogens is 612 g/mol. The van der Waals surface area contributed by atoms with Crippen LogP contribution in [0.15, 0.2) is 121 Å². The van der Waals surface area contributed by atoms with Crippen LogP contribution in [0.5, 0.6) is 23.0 Å². The molecule has 5 rings (SSSR count). The van der Waals surface area contributed by atoms with Gasteiger partial charge in [-0.3, -0.25) is 0 Å². The number of ether oxygens (including phenoxy) is 4. The molecule has 0 radical (unpaired) electrons. The Hall–Kier alpha value is -5.36. The highest BCUT2D eigenvalue weighted by molar-refractivity contribution is 5.68. The molecule has 0 saturated heterocycles. The second-order valence-electron chi connectivity index (χ2n) is 14.4. The van der Waals surface area contributed by atoms with Gasteiger partial charge < -0.3 is 18.9 Å². The predicted molar refractivity (Wildman–Crippen MR) is 193 cm³/mol. The fourth-order valence-electron chi connectivity index (χ4n) is 5.57. The maximum atomic E-state index is 12.6. The second kappa shape index (κ2) is 14.0. The van der Waals surface area contributed by atoms with E-state index in [1.54, 1.807) is 48.5 Å². The summed E-state index contributed by atoms with van der Waals surface area (Å²) in [5, 5.41) is 0. The molecule has 0 aliphatic carbocycles. The molecule has 0 N–H and O–H groups in total. The summed E-state index contributed by atoms with van der Waals surface area (Å²) in [7, 11) is 0. The standard InChI is InChI=1S/C43H44O6/c1-29-9-11-31(12-10-29)42(5,6)32-15-23-36(24-16-32)48-40(45)49-38-27-19-34(20-28-38)43(7,8)33-17-25-37(26-18-33)47-39(44)46-35-21-13-30(14-22-35)41(2,3)4/h9-28H,1-8H3. The van der Waals surface area contributed by atoms with Crippen molar-refractivity contribution in [3.63, 3.8) is 0 Å². The molecule has 49 heavy (non-hydrogen) atoms. The Bertz CT molecular complexity index is 1880. The monoisotopic (exact) mass is 656 g/mol. The van der Waals surface area contributed by atoms with Crippen molar-refractivity contribution in [3.05, 3.63) is 155 Å². The number of carbonyl (C=O) groups excluding carboxylic acids is 2. The van der Waals surface area contributed by atoms with Gasteiger partial charge in [0.15, 0.2) is 0 Å². The molecule has 6 nitrogen and oxygen atoms in total. The minimum Gasteiger partial charge on any atom is -0.395 e. The Labute approximate surface area is 289 Å². The first kappa shape index (κ1) is 35.0. The van der Waals surface area contributed by atoms with Crippen molar-refractivity contribution in [3.8, 4) is 23.0 Å². The molecule has 6 heteroatoms. The van der Waals surface area contributed by atoms with Crippen LogP contribution < -0.4 is 18.9 Å². The van der Waals surface area contributed by atoms with Crippen molar-refractivity contribution in [2.45, 2.75) is 71.6 Å². The summed E-state index contributed by atoms with van der Waals surface area (Å²) in [4.78, 5) is 25.0. The van der Waals surface area contributed by atoms with E-state index in [4.69, 9.17) is 18.9 Å². The summed E-state index contributed by atoms with van der Waals surface area (Å²) in [5.41, 5.74) is 6.11. The Kier molecular flexibility index (Phi) is 10.00. The maximum Gasteiger partial charge on any atom is 0.519 e. The van der Waals surface area contributed by atoms with Crippen LogP contribution in [0.2, 0.25) is 0 Å². The molecular formula is C43H44O6. The molecule has 0 heterocycles. The van der Waals surface area contributed by atoms with Gasteiger partial charge in [0.2, 0.25) is 0 Å². The Morgan fingerprint density at radius 2 is 0.592 bits per heavy atom. The SMILES string of the molecule is Cc1ccc(C(C)(C)c2ccc(OC(=O)Oc3ccc(C(C)(C)c4ccc(OC(=O)Oc5ccc(C(C)(C)C)cc5)cc4)cc3)cc2)cc1. The normalized spacial score (nSPS) is 11.8. The van der Waals surface area contributed by atoms with Gasteiger partial charge in [0.05, 0.1) is 0 Å². The molecule has 0 bridgehead atoms. The summed E-state index contributed by atoms with van der Waals surface area (Å²) >= 11 is 0. The molecule has 0 atom stereocenters. The molecule has 0 spiro atoms. The summed E-state index contributed by atoms with van der Waals surface area (Å²) in [6.45, 7) is 17.0. The number of hydrogen-bond donors (Lipinski definition) is 0. The predicted octanol–water partition coefficient (Wildman–Crippen LogP) is 11.1. The van der Waals surface area contributed by atoms with Gasteiger partial charge in [-0.2, -0.15) is 0 Å². The van der Waals surface area contributed by atoms with Gasteiger partial charge in [-0.25, -0.2) is 9.59 Å².